The number of hydrogen-bond donors (Lipinski definition) is 1. The van der Waals surface area contributed by atoms with Crippen molar-refractivity contribution in [1.82, 2.24) is 9.97 Å². The molecule has 1 unspecified atom stereocenters. The summed E-state index contributed by atoms with van der Waals surface area (Å²) in [6.45, 7) is 5.68. The molecule has 1 atom stereocenters. The molecule has 0 aliphatic carbocycles. The molecule has 1 fully saturated rings. The highest BCUT2D eigenvalue weighted by atomic mass is 35.5. The second kappa shape index (κ2) is 6.91. The summed E-state index contributed by atoms with van der Waals surface area (Å²) in [5, 5.41) is 3.80. The Morgan fingerprint density at radius 3 is 3.16 bits per heavy atom. The van der Waals surface area contributed by atoms with Crippen LogP contribution in [0, 0.1) is 5.92 Å². The molecule has 2 heterocycles. The van der Waals surface area contributed by atoms with Crippen molar-refractivity contribution in [2.75, 3.05) is 43.6 Å². The van der Waals surface area contributed by atoms with Crippen LogP contribution in [0.3, 0.4) is 0 Å². The lowest BCUT2D eigenvalue weighted by Crippen LogP contribution is -2.23. The van der Waals surface area contributed by atoms with Crippen molar-refractivity contribution in [1.29, 1.82) is 0 Å². The van der Waals surface area contributed by atoms with E-state index in [1.807, 2.05) is 0 Å². The summed E-state index contributed by atoms with van der Waals surface area (Å²) in [5.74, 6) is 2.04. The topological polar surface area (TPSA) is 50.3 Å². The molecule has 0 bridgehead atoms. The molecule has 1 saturated heterocycles. The zero-order valence-electron chi connectivity index (χ0n) is 11.5. The normalized spacial score (nSPS) is 18.9. The molecule has 1 aromatic heterocycles. The maximum Gasteiger partial charge on any atom is 0.224 e. The summed E-state index contributed by atoms with van der Waals surface area (Å²) in [4.78, 5) is 10.9. The van der Waals surface area contributed by atoms with E-state index in [9.17, 15) is 0 Å². The molecule has 5 nitrogen and oxygen atoms in total. The van der Waals surface area contributed by atoms with Gasteiger partial charge in [0.15, 0.2) is 5.82 Å². The monoisotopic (exact) mass is 284 g/mol. The molecule has 1 aromatic rings. The Hall–Kier alpha value is -1.07. The van der Waals surface area contributed by atoms with Gasteiger partial charge in [0.1, 0.15) is 5.02 Å². The van der Waals surface area contributed by atoms with Gasteiger partial charge in [0.05, 0.1) is 12.8 Å². The van der Waals surface area contributed by atoms with Crippen LogP contribution in [0.1, 0.15) is 19.8 Å². The van der Waals surface area contributed by atoms with Crippen LogP contribution in [0.4, 0.5) is 11.8 Å². The summed E-state index contributed by atoms with van der Waals surface area (Å²) >= 11 is 6.21. The number of ether oxygens (including phenoxy) is 1. The van der Waals surface area contributed by atoms with Crippen molar-refractivity contribution in [3.05, 3.63) is 11.2 Å². The minimum atomic E-state index is 0.558. The third kappa shape index (κ3) is 3.70. The average molecular weight is 285 g/mol. The van der Waals surface area contributed by atoms with Crippen LogP contribution >= 0.6 is 11.6 Å². The van der Waals surface area contributed by atoms with E-state index in [1.54, 1.807) is 13.3 Å². The average Bonchev–Trinajstić information content (AvgIpc) is 2.87. The standard InChI is InChI=1S/C13H21ClN4O/c1-3-5-15-13-16-7-11(14)12(17-13)18-6-4-10(8-18)9-19-2/h7,10H,3-6,8-9H2,1-2H3,(H,15,16,17). The molecule has 0 radical (unpaired) electrons. The molecule has 6 heteroatoms. The molecular formula is C13H21ClN4O. The van der Waals surface area contributed by atoms with Crippen LogP contribution in [0.5, 0.6) is 0 Å². The number of rotatable bonds is 6. The first-order valence-electron chi connectivity index (χ1n) is 6.75. The molecule has 1 N–H and O–H groups in total. The minimum absolute atomic E-state index is 0.558. The van der Waals surface area contributed by atoms with Crippen LogP contribution in [-0.4, -0.2) is 43.3 Å². The number of nitrogens with one attached hydrogen (secondary N) is 1. The first kappa shape index (κ1) is 14.3. The fourth-order valence-corrected chi connectivity index (χ4v) is 2.51. The van der Waals surface area contributed by atoms with Crippen molar-refractivity contribution in [2.24, 2.45) is 5.92 Å². The van der Waals surface area contributed by atoms with E-state index in [0.717, 1.165) is 44.9 Å². The Balaban J connectivity index is 2.06. The van der Waals surface area contributed by atoms with E-state index in [2.05, 4.69) is 27.1 Å². The molecule has 1 aliphatic heterocycles. The maximum atomic E-state index is 6.21. The maximum absolute atomic E-state index is 6.21. The van der Waals surface area contributed by atoms with Gasteiger partial charge in [0.25, 0.3) is 0 Å². The second-order valence-electron chi connectivity index (χ2n) is 4.85. The van der Waals surface area contributed by atoms with Gasteiger partial charge in [-0.25, -0.2) is 4.98 Å². The SMILES string of the molecule is CCCNc1ncc(Cl)c(N2CCC(COC)C2)n1. The molecule has 19 heavy (non-hydrogen) atoms. The van der Waals surface area contributed by atoms with Crippen LogP contribution in [-0.2, 0) is 4.74 Å². The number of methoxy groups -OCH3 is 1. The van der Waals surface area contributed by atoms with Gasteiger partial charge in [0, 0.05) is 32.7 Å². The molecule has 0 saturated carbocycles. The predicted octanol–water partition coefficient (Wildman–Crippen LogP) is 2.42. The summed E-state index contributed by atoms with van der Waals surface area (Å²) in [6.07, 6.45) is 3.83. The molecule has 1 aliphatic rings. The molecule has 2 rings (SSSR count). The summed E-state index contributed by atoms with van der Waals surface area (Å²) in [6, 6.07) is 0. The Morgan fingerprint density at radius 2 is 2.42 bits per heavy atom. The van der Waals surface area contributed by atoms with Crippen LogP contribution in [0.25, 0.3) is 0 Å². The van der Waals surface area contributed by atoms with E-state index < -0.39 is 0 Å². The van der Waals surface area contributed by atoms with E-state index >= 15 is 0 Å². The van der Waals surface area contributed by atoms with Crippen molar-refractivity contribution >= 4 is 23.4 Å². The van der Waals surface area contributed by atoms with Gasteiger partial charge in [-0.1, -0.05) is 18.5 Å². The van der Waals surface area contributed by atoms with Crippen LogP contribution in [0.15, 0.2) is 6.20 Å². The fourth-order valence-electron chi connectivity index (χ4n) is 2.30. The molecular weight excluding hydrogens is 264 g/mol. The zero-order chi connectivity index (χ0) is 13.7. The lowest BCUT2D eigenvalue weighted by Gasteiger charge is -2.19. The van der Waals surface area contributed by atoms with Crippen molar-refractivity contribution in [3.8, 4) is 0 Å². The van der Waals surface area contributed by atoms with Gasteiger partial charge in [0.2, 0.25) is 5.95 Å². The molecule has 0 spiro atoms. The lowest BCUT2D eigenvalue weighted by molar-refractivity contribution is 0.161. The molecule has 0 amide bonds. The van der Waals surface area contributed by atoms with E-state index in [1.165, 1.54) is 0 Å². The van der Waals surface area contributed by atoms with Gasteiger partial charge in [-0.15, -0.1) is 0 Å². The third-order valence-corrected chi connectivity index (χ3v) is 3.51. The summed E-state index contributed by atoms with van der Waals surface area (Å²) < 4.78 is 5.21. The van der Waals surface area contributed by atoms with Crippen molar-refractivity contribution in [2.45, 2.75) is 19.8 Å². The van der Waals surface area contributed by atoms with E-state index in [4.69, 9.17) is 16.3 Å². The van der Waals surface area contributed by atoms with E-state index in [0.29, 0.717) is 16.9 Å². The molecule has 0 aromatic carbocycles. The quantitative estimate of drug-likeness (QED) is 0.869. The lowest BCUT2D eigenvalue weighted by atomic mass is 10.1. The van der Waals surface area contributed by atoms with Crippen molar-refractivity contribution < 1.29 is 4.74 Å². The van der Waals surface area contributed by atoms with Gasteiger partial charge in [-0.2, -0.15) is 4.98 Å². The minimum Gasteiger partial charge on any atom is -0.384 e. The number of anilines is 2. The Morgan fingerprint density at radius 1 is 1.58 bits per heavy atom. The van der Waals surface area contributed by atoms with Crippen LogP contribution in [0.2, 0.25) is 5.02 Å². The second-order valence-corrected chi connectivity index (χ2v) is 5.26. The third-order valence-electron chi connectivity index (χ3n) is 3.25. The number of nitrogens with zero attached hydrogens (tertiary/aromatic N) is 3. The number of aromatic nitrogens is 2. The Bertz CT molecular complexity index is 416. The predicted molar refractivity (Wildman–Crippen MR) is 78.0 cm³/mol. The van der Waals surface area contributed by atoms with Gasteiger partial charge in [-0.3, -0.25) is 0 Å². The molecule has 106 valence electrons. The fraction of sp³-hybridized carbons (Fsp3) is 0.692. The zero-order valence-corrected chi connectivity index (χ0v) is 12.3. The smallest absolute Gasteiger partial charge is 0.224 e. The van der Waals surface area contributed by atoms with Gasteiger partial charge in [-0.05, 0) is 12.8 Å². The first-order valence-corrected chi connectivity index (χ1v) is 7.12. The van der Waals surface area contributed by atoms with E-state index in [-0.39, 0.29) is 0 Å². The highest BCUT2D eigenvalue weighted by Crippen LogP contribution is 2.28. The van der Waals surface area contributed by atoms with Gasteiger partial charge >= 0.3 is 0 Å². The highest BCUT2D eigenvalue weighted by molar-refractivity contribution is 6.32. The van der Waals surface area contributed by atoms with Crippen molar-refractivity contribution in [3.63, 3.8) is 0 Å². The number of hydrogen-bond acceptors (Lipinski definition) is 5. The number of halogens is 1. The Kier molecular flexibility index (Phi) is 5.22. The first-order chi connectivity index (χ1) is 9.24. The Labute approximate surface area is 119 Å². The van der Waals surface area contributed by atoms with Gasteiger partial charge < -0.3 is 15.0 Å². The summed E-state index contributed by atoms with van der Waals surface area (Å²) in [7, 11) is 1.74. The van der Waals surface area contributed by atoms with Crippen LogP contribution < -0.4 is 10.2 Å². The highest BCUT2D eigenvalue weighted by Gasteiger charge is 2.25. The largest absolute Gasteiger partial charge is 0.384 e. The summed E-state index contributed by atoms with van der Waals surface area (Å²) in [5.41, 5.74) is 0.